The molecule has 1 unspecified atom stereocenters. The molecule has 3 heteroatoms. The van der Waals surface area contributed by atoms with Crippen LogP contribution in [0.5, 0.6) is 0 Å². The van der Waals surface area contributed by atoms with E-state index in [1.54, 1.807) is 0 Å². The molecule has 1 aromatic rings. The summed E-state index contributed by atoms with van der Waals surface area (Å²) in [7, 11) is 0. The highest BCUT2D eigenvalue weighted by atomic mass is 32.2. The van der Waals surface area contributed by atoms with Gasteiger partial charge in [-0.3, -0.25) is 0 Å². The van der Waals surface area contributed by atoms with Crippen LogP contribution in [-0.2, 0) is 6.42 Å². The number of pyridine rings is 1. The molecule has 1 aromatic heterocycles. The lowest BCUT2D eigenvalue weighted by atomic mass is 10.1. The summed E-state index contributed by atoms with van der Waals surface area (Å²) >= 11 is 1.86. The molecule has 0 aromatic carbocycles. The molecule has 0 amide bonds. The Bertz CT molecular complexity index is 339. The van der Waals surface area contributed by atoms with Crippen LogP contribution in [0.1, 0.15) is 44.2 Å². The van der Waals surface area contributed by atoms with Gasteiger partial charge in [-0.2, -0.15) is 0 Å². The normalized spacial score (nSPS) is 12.7. The molecule has 0 saturated carbocycles. The lowest BCUT2D eigenvalue weighted by molar-refractivity contribution is 0.644. The third-order valence-corrected chi connectivity index (χ3v) is 4.04. The van der Waals surface area contributed by atoms with Crippen LogP contribution in [0.2, 0.25) is 0 Å². The van der Waals surface area contributed by atoms with E-state index < -0.39 is 0 Å². The Morgan fingerprint density at radius 1 is 1.41 bits per heavy atom. The molecule has 2 nitrogen and oxygen atoms in total. The van der Waals surface area contributed by atoms with Crippen molar-refractivity contribution in [3.05, 3.63) is 23.4 Å². The maximum atomic E-state index is 5.96. The summed E-state index contributed by atoms with van der Waals surface area (Å²) in [6.07, 6.45) is 6.44. The molecule has 96 valence electrons. The number of rotatable bonds is 7. The van der Waals surface area contributed by atoms with E-state index in [4.69, 9.17) is 5.73 Å². The van der Waals surface area contributed by atoms with Crippen molar-refractivity contribution in [2.45, 2.75) is 57.5 Å². The van der Waals surface area contributed by atoms with Gasteiger partial charge in [0.2, 0.25) is 0 Å². The van der Waals surface area contributed by atoms with Gasteiger partial charge < -0.3 is 5.73 Å². The number of hydrogen-bond donors (Lipinski definition) is 1. The van der Waals surface area contributed by atoms with Crippen LogP contribution >= 0.6 is 11.8 Å². The second-order valence-corrected chi connectivity index (χ2v) is 5.62. The highest BCUT2D eigenvalue weighted by molar-refractivity contribution is 7.99. The van der Waals surface area contributed by atoms with Crippen LogP contribution in [0, 0.1) is 6.92 Å². The standard InChI is InChI=1S/C14H24N2S/c1-4-6-7-17-14-11(3)8-12(10-16-14)9-13(15)5-2/h8,10,13H,4-7,9,15H2,1-3H3. The van der Waals surface area contributed by atoms with Crippen molar-refractivity contribution >= 4 is 11.8 Å². The zero-order valence-electron chi connectivity index (χ0n) is 11.2. The molecular formula is C14H24N2S. The summed E-state index contributed by atoms with van der Waals surface area (Å²) in [6.45, 7) is 6.48. The molecule has 0 aliphatic carbocycles. The zero-order valence-corrected chi connectivity index (χ0v) is 12.0. The molecule has 2 N–H and O–H groups in total. The first-order chi connectivity index (χ1) is 8.17. The first-order valence-electron chi connectivity index (χ1n) is 6.51. The quantitative estimate of drug-likeness (QED) is 0.595. The molecular weight excluding hydrogens is 228 g/mol. The monoisotopic (exact) mass is 252 g/mol. The Labute approximate surface area is 109 Å². The van der Waals surface area contributed by atoms with Gasteiger partial charge in [0.05, 0.1) is 5.03 Å². The molecule has 0 bridgehead atoms. The number of hydrogen-bond acceptors (Lipinski definition) is 3. The average Bonchev–Trinajstić information content (AvgIpc) is 2.32. The fraction of sp³-hybridized carbons (Fsp3) is 0.643. The molecule has 0 aliphatic rings. The molecule has 17 heavy (non-hydrogen) atoms. The smallest absolute Gasteiger partial charge is 0.0989 e. The third kappa shape index (κ3) is 5.09. The van der Waals surface area contributed by atoms with E-state index in [1.165, 1.54) is 29.0 Å². The summed E-state index contributed by atoms with van der Waals surface area (Å²) in [4.78, 5) is 4.54. The molecule has 0 saturated heterocycles. The summed E-state index contributed by atoms with van der Waals surface area (Å²) in [5.74, 6) is 1.16. The average molecular weight is 252 g/mol. The molecule has 0 radical (unpaired) electrons. The zero-order chi connectivity index (χ0) is 12.7. The van der Waals surface area contributed by atoms with Crippen molar-refractivity contribution in [1.29, 1.82) is 0 Å². The Morgan fingerprint density at radius 3 is 2.76 bits per heavy atom. The van der Waals surface area contributed by atoms with Gasteiger partial charge in [0.15, 0.2) is 0 Å². The van der Waals surface area contributed by atoms with Gasteiger partial charge >= 0.3 is 0 Å². The SMILES string of the molecule is CCCCSc1ncc(CC(N)CC)cc1C. The van der Waals surface area contributed by atoms with E-state index in [0.717, 1.165) is 18.6 Å². The lowest BCUT2D eigenvalue weighted by Crippen LogP contribution is -2.21. The number of nitrogens with two attached hydrogens (primary N) is 1. The first kappa shape index (κ1) is 14.5. The first-order valence-corrected chi connectivity index (χ1v) is 7.49. The van der Waals surface area contributed by atoms with Gasteiger partial charge in [0.25, 0.3) is 0 Å². The minimum atomic E-state index is 0.259. The van der Waals surface area contributed by atoms with Crippen molar-refractivity contribution in [3.8, 4) is 0 Å². The van der Waals surface area contributed by atoms with Gasteiger partial charge in [0.1, 0.15) is 0 Å². The van der Waals surface area contributed by atoms with Crippen LogP contribution in [0.15, 0.2) is 17.3 Å². The Hall–Kier alpha value is -0.540. The van der Waals surface area contributed by atoms with Gasteiger partial charge in [-0.1, -0.05) is 26.3 Å². The summed E-state index contributed by atoms with van der Waals surface area (Å²) in [6, 6.07) is 2.49. The lowest BCUT2D eigenvalue weighted by Gasteiger charge is -2.10. The second kappa shape index (κ2) is 7.72. The van der Waals surface area contributed by atoms with Crippen LogP contribution < -0.4 is 5.73 Å². The molecule has 0 aliphatic heterocycles. The summed E-state index contributed by atoms with van der Waals surface area (Å²) in [5, 5.41) is 1.17. The highest BCUT2D eigenvalue weighted by Crippen LogP contribution is 2.22. The molecule has 1 atom stereocenters. The minimum Gasteiger partial charge on any atom is -0.327 e. The van der Waals surface area contributed by atoms with E-state index >= 15 is 0 Å². The largest absolute Gasteiger partial charge is 0.327 e. The Morgan fingerprint density at radius 2 is 2.18 bits per heavy atom. The molecule has 0 fully saturated rings. The summed E-state index contributed by atoms with van der Waals surface area (Å²) < 4.78 is 0. The second-order valence-electron chi connectivity index (χ2n) is 4.54. The fourth-order valence-corrected chi connectivity index (χ4v) is 2.68. The van der Waals surface area contributed by atoms with Gasteiger partial charge in [-0.25, -0.2) is 4.98 Å². The van der Waals surface area contributed by atoms with Crippen molar-refractivity contribution in [2.75, 3.05) is 5.75 Å². The number of nitrogens with zero attached hydrogens (tertiary/aromatic N) is 1. The topological polar surface area (TPSA) is 38.9 Å². The minimum absolute atomic E-state index is 0.259. The van der Waals surface area contributed by atoms with Crippen molar-refractivity contribution in [3.63, 3.8) is 0 Å². The van der Waals surface area contributed by atoms with E-state index in [1.807, 2.05) is 18.0 Å². The summed E-state index contributed by atoms with van der Waals surface area (Å²) in [5.41, 5.74) is 8.50. The predicted molar refractivity (Wildman–Crippen MR) is 76.6 cm³/mol. The van der Waals surface area contributed by atoms with E-state index in [9.17, 15) is 0 Å². The fourth-order valence-electron chi connectivity index (χ4n) is 1.64. The molecule has 1 rings (SSSR count). The number of thioether (sulfide) groups is 1. The van der Waals surface area contributed by atoms with Gasteiger partial charge in [0, 0.05) is 12.2 Å². The third-order valence-electron chi connectivity index (χ3n) is 2.85. The number of aromatic nitrogens is 1. The maximum Gasteiger partial charge on any atom is 0.0989 e. The maximum absolute atomic E-state index is 5.96. The van der Waals surface area contributed by atoms with Crippen LogP contribution in [0.4, 0.5) is 0 Å². The van der Waals surface area contributed by atoms with Gasteiger partial charge in [-0.05, 0) is 43.1 Å². The van der Waals surface area contributed by atoms with Gasteiger partial charge in [-0.15, -0.1) is 11.8 Å². The van der Waals surface area contributed by atoms with Crippen molar-refractivity contribution in [2.24, 2.45) is 5.73 Å². The number of aryl methyl sites for hydroxylation is 1. The van der Waals surface area contributed by atoms with Crippen LogP contribution in [-0.4, -0.2) is 16.8 Å². The highest BCUT2D eigenvalue weighted by Gasteiger charge is 2.05. The number of unbranched alkanes of at least 4 members (excludes halogenated alkanes) is 1. The molecule has 1 heterocycles. The Balaban J connectivity index is 2.59. The van der Waals surface area contributed by atoms with E-state index in [0.29, 0.717) is 0 Å². The van der Waals surface area contributed by atoms with Crippen molar-refractivity contribution < 1.29 is 0 Å². The van der Waals surface area contributed by atoms with Crippen LogP contribution in [0.25, 0.3) is 0 Å². The predicted octanol–water partition coefficient (Wildman–Crippen LogP) is 3.56. The van der Waals surface area contributed by atoms with Crippen molar-refractivity contribution in [1.82, 2.24) is 4.98 Å². The molecule has 0 spiro atoms. The Kier molecular flexibility index (Phi) is 6.60. The van der Waals surface area contributed by atoms with E-state index in [2.05, 4.69) is 31.8 Å². The van der Waals surface area contributed by atoms with Crippen LogP contribution in [0.3, 0.4) is 0 Å². The van der Waals surface area contributed by atoms with E-state index in [-0.39, 0.29) is 6.04 Å².